The van der Waals surface area contributed by atoms with Crippen LogP contribution >= 0.6 is 27.5 Å². The lowest BCUT2D eigenvalue weighted by Crippen LogP contribution is -1.93. The number of hydrogen-bond acceptors (Lipinski definition) is 3. The highest BCUT2D eigenvalue weighted by Gasteiger charge is 2.02. The van der Waals surface area contributed by atoms with Crippen LogP contribution in [-0.4, -0.2) is 4.98 Å². The molecule has 0 bridgehead atoms. The van der Waals surface area contributed by atoms with Gasteiger partial charge in [-0.15, -0.1) is 0 Å². The van der Waals surface area contributed by atoms with Crippen LogP contribution in [-0.2, 0) is 6.61 Å². The van der Waals surface area contributed by atoms with E-state index in [-0.39, 0.29) is 0 Å². The van der Waals surface area contributed by atoms with Crippen molar-refractivity contribution in [3.8, 4) is 5.75 Å². The van der Waals surface area contributed by atoms with E-state index in [9.17, 15) is 0 Å². The quantitative estimate of drug-likeness (QED) is 0.864. The van der Waals surface area contributed by atoms with Crippen molar-refractivity contribution in [1.82, 2.24) is 4.98 Å². The number of halogens is 2. The zero-order valence-electron chi connectivity index (χ0n) is 7.61. The third kappa shape index (κ3) is 2.97. The summed E-state index contributed by atoms with van der Waals surface area (Å²) in [4.78, 5) is 4.34. The van der Waals surface area contributed by atoms with Crippen LogP contribution < -0.4 is 4.74 Å². The highest BCUT2D eigenvalue weighted by atomic mass is 79.9. The Morgan fingerprint density at radius 3 is 3.00 bits per heavy atom. The normalized spacial score (nSPS) is 10.3. The van der Waals surface area contributed by atoms with E-state index in [0.29, 0.717) is 27.9 Å². The molecule has 0 aliphatic carbocycles. The van der Waals surface area contributed by atoms with Gasteiger partial charge in [0.2, 0.25) is 0 Å². The monoisotopic (exact) mass is 287 g/mol. The number of rotatable bonds is 3. The summed E-state index contributed by atoms with van der Waals surface area (Å²) in [5.41, 5.74) is 0. The van der Waals surface area contributed by atoms with Crippen molar-refractivity contribution in [3.05, 3.63) is 46.0 Å². The maximum atomic E-state index is 5.81. The summed E-state index contributed by atoms with van der Waals surface area (Å²) < 4.78 is 10.6. The van der Waals surface area contributed by atoms with Crippen LogP contribution in [0.2, 0.25) is 5.02 Å². The van der Waals surface area contributed by atoms with Gasteiger partial charge in [0.15, 0.2) is 5.76 Å². The van der Waals surface area contributed by atoms with Gasteiger partial charge in [0.1, 0.15) is 12.4 Å². The van der Waals surface area contributed by atoms with Crippen LogP contribution in [0.5, 0.6) is 5.75 Å². The van der Waals surface area contributed by atoms with Crippen LogP contribution in [0, 0.1) is 0 Å². The van der Waals surface area contributed by atoms with Crippen molar-refractivity contribution in [3.63, 3.8) is 0 Å². The van der Waals surface area contributed by atoms with Crippen molar-refractivity contribution < 1.29 is 9.15 Å². The molecule has 0 aliphatic rings. The van der Waals surface area contributed by atoms with Crippen LogP contribution in [0.4, 0.5) is 0 Å². The molecule has 1 heterocycles. The molecule has 0 atom stereocenters. The summed E-state index contributed by atoms with van der Waals surface area (Å²) in [7, 11) is 0. The summed E-state index contributed by atoms with van der Waals surface area (Å²) >= 11 is 8.92. The van der Waals surface area contributed by atoms with Crippen LogP contribution in [0.1, 0.15) is 5.76 Å². The standard InChI is InChI=1S/C10H7BrClNO2/c11-10-13-5-9(15-10)6-14-8-3-1-2-7(12)4-8/h1-5H,6H2. The average molecular weight is 289 g/mol. The Hall–Kier alpha value is -1.000. The minimum Gasteiger partial charge on any atom is -0.486 e. The van der Waals surface area contributed by atoms with Gasteiger partial charge in [-0.25, -0.2) is 4.98 Å². The maximum absolute atomic E-state index is 5.81. The third-order valence-corrected chi connectivity index (χ3v) is 2.30. The fourth-order valence-electron chi connectivity index (χ4n) is 1.06. The Morgan fingerprint density at radius 1 is 1.47 bits per heavy atom. The first-order chi connectivity index (χ1) is 7.24. The molecule has 5 heteroatoms. The fraction of sp³-hybridized carbons (Fsp3) is 0.100. The van der Waals surface area contributed by atoms with E-state index < -0.39 is 0 Å². The Kier molecular flexibility index (Phi) is 3.28. The van der Waals surface area contributed by atoms with Gasteiger partial charge in [-0.1, -0.05) is 17.7 Å². The van der Waals surface area contributed by atoms with Crippen molar-refractivity contribution in [2.24, 2.45) is 0 Å². The SMILES string of the molecule is Clc1cccc(OCc2cnc(Br)o2)c1. The van der Waals surface area contributed by atoms with Crippen LogP contribution in [0.25, 0.3) is 0 Å². The molecular weight excluding hydrogens is 281 g/mol. The summed E-state index contributed by atoms with van der Waals surface area (Å²) in [5, 5.41) is 0.645. The van der Waals surface area contributed by atoms with Crippen LogP contribution in [0.15, 0.2) is 39.7 Å². The molecular formula is C10H7BrClNO2. The molecule has 0 N–H and O–H groups in total. The van der Waals surface area contributed by atoms with E-state index in [1.807, 2.05) is 12.1 Å². The van der Waals surface area contributed by atoms with E-state index in [1.54, 1.807) is 18.3 Å². The van der Waals surface area contributed by atoms with Crippen molar-refractivity contribution in [1.29, 1.82) is 0 Å². The van der Waals surface area contributed by atoms with E-state index in [0.717, 1.165) is 0 Å². The molecule has 3 nitrogen and oxygen atoms in total. The summed E-state index contributed by atoms with van der Waals surface area (Å²) in [6.45, 7) is 0.332. The second-order valence-electron chi connectivity index (χ2n) is 2.83. The molecule has 15 heavy (non-hydrogen) atoms. The Balaban J connectivity index is 1.99. The highest BCUT2D eigenvalue weighted by Crippen LogP contribution is 2.19. The minimum atomic E-state index is 0.332. The van der Waals surface area contributed by atoms with E-state index >= 15 is 0 Å². The first-order valence-electron chi connectivity index (χ1n) is 4.22. The second kappa shape index (κ2) is 4.68. The highest BCUT2D eigenvalue weighted by molar-refractivity contribution is 9.10. The zero-order chi connectivity index (χ0) is 10.7. The molecule has 0 amide bonds. The molecule has 78 valence electrons. The molecule has 2 aromatic rings. The molecule has 0 unspecified atom stereocenters. The van der Waals surface area contributed by atoms with E-state index in [1.165, 1.54) is 0 Å². The van der Waals surface area contributed by atoms with Gasteiger partial charge in [-0.05, 0) is 18.2 Å². The maximum Gasteiger partial charge on any atom is 0.264 e. The van der Waals surface area contributed by atoms with Gasteiger partial charge in [0, 0.05) is 21.0 Å². The lowest BCUT2D eigenvalue weighted by molar-refractivity contribution is 0.267. The molecule has 0 saturated carbocycles. The predicted molar refractivity (Wildman–Crippen MR) is 60.0 cm³/mol. The Labute approximate surface area is 100 Å². The number of oxazole rings is 1. The molecule has 0 spiro atoms. The number of hydrogen-bond donors (Lipinski definition) is 0. The number of aromatic nitrogens is 1. The first-order valence-corrected chi connectivity index (χ1v) is 5.40. The smallest absolute Gasteiger partial charge is 0.264 e. The summed E-state index contributed by atoms with van der Waals surface area (Å²) in [5.74, 6) is 1.36. The number of benzene rings is 1. The summed E-state index contributed by atoms with van der Waals surface area (Å²) in [6, 6.07) is 7.19. The second-order valence-corrected chi connectivity index (χ2v) is 3.94. The Bertz CT molecular complexity index is 458. The predicted octanol–water partition coefficient (Wildman–Crippen LogP) is 3.67. The van der Waals surface area contributed by atoms with Gasteiger partial charge in [-0.3, -0.25) is 0 Å². The van der Waals surface area contributed by atoms with E-state index in [2.05, 4.69) is 20.9 Å². The molecule has 1 aromatic carbocycles. The number of ether oxygens (including phenoxy) is 1. The largest absolute Gasteiger partial charge is 0.486 e. The van der Waals surface area contributed by atoms with E-state index in [4.69, 9.17) is 20.8 Å². The lowest BCUT2D eigenvalue weighted by atomic mass is 10.3. The lowest BCUT2D eigenvalue weighted by Gasteiger charge is -2.03. The van der Waals surface area contributed by atoms with Gasteiger partial charge >= 0.3 is 0 Å². The molecule has 2 rings (SSSR count). The molecule has 0 fully saturated rings. The minimum absolute atomic E-state index is 0.332. The van der Waals surface area contributed by atoms with Gasteiger partial charge < -0.3 is 9.15 Å². The van der Waals surface area contributed by atoms with Crippen molar-refractivity contribution >= 4 is 27.5 Å². The molecule has 0 saturated heterocycles. The average Bonchev–Trinajstić information content (AvgIpc) is 2.62. The number of nitrogens with zero attached hydrogens (tertiary/aromatic N) is 1. The van der Waals surface area contributed by atoms with Gasteiger partial charge in [-0.2, -0.15) is 0 Å². The molecule has 0 radical (unpaired) electrons. The topological polar surface area (TPSA) is 35.3 Å². The van der Waals surface area contributed by atoms with Gasteiger partial charge in [0.05, 0.1) is 6.20 Å². The Morgan fingerprint density at radius 2 is 2.33 bits per heavy atom. The molecule has 0 aliphatic heterocycles. The zero-order valence-corrected chi connectivity index (χ0v) is 9.96. The van der Waals surface area contributed by atoms with Crippen LogP contribution in [0.3, 0.4) is 0 Å². The van der Waals surface area contributed by atoms with Crippen molar-refractivity contribution in [2.75, 3.05) is 0 Å². The first kappa shape index (κ1) is 10.5. The third-order valence-electron chi connectivity index (χ3n) is 1.70. The van der Waals surface area contributed by atoms with Gasteiger partial charge in [0.25, 0.3) is 4.80 Å². The molecule has 1 aromatic heterocycles. The summed E-state index contributed by atoms with van der Waals surface area (Å²) in [6.07, 6.45) is 1.61. The van der Waals surface area contributed by atoms with Crippen molar-refractivity contribution in [2.45, 2.75) is 6.61 Å². The fourth-order valence-corrected chi connectivity index (χ4v) is 1.55.